The molecule has 0 bridgehead atoms. The molecule has 6 fully saturated rings. The minimum absolute atomic E-state index is 0.0290. The van der Waals surface area contributed by atoms with Gasteiger partial charge in [0.1, 0.15) is 17.4 Å². The van der Waals surface area contributed by atoms with Gasteiger partial charge in [-0.15, -0.1) is 0 Å². The highest BCUT2D eigenvalue weighted by molar-refractivity contribution is 5.89. The van der Waals surface area contributed by atoms with Crippen LogP contribution in [0.15, 0.2) is 12.2 Å². The summed E-state index contributed by atoms with van der Waals surface area (Å²) >= 11 is 0. The van der Waals surface area contributed by atoms with Gasteiger partial charge in [0, 0.05) is 50.5 Å². The standard InChI is InChI=1S/C48H77N3O7/c1-58-44-25-35-12-14-45(56)48(18-15-31(22-46(48)57)7-8-32-21-37-11-13-38(52)27-40(37)51-29-32)19-16-36(39(35)28-43(44)55)24-42(54)41(53)23-33(34-17-20-50-47(49)26-34)10-9-30-5-3-2-4-6-30/h9-10,30-37,39-44,46-47,50-51,53-55,57H,2-8,11-15,17-18,20-29,49H2,1H3/p+2/t31-,32+,33-,34?,35?,36+,37-,39?,40+,41+,42-,43?,44?,46+,47?,48+/m0/s1. The Morgan fingerprint density at radius 2 is 1.69 bits per heavy atom. The van der Waals surface area contributed by atoms with Crippen LogP contribution in [0.5, 0.6) is 0 Å². The highest BCUT2D eigenvalue weighted by Crippen LogP contribution is 2.47. The predicted octanol–water partition coefficient (Wildman–Crippen LogP) is 3.13. The Balaban J connectivity index is 1.04. The molecule has 16 atom stereocenters. The highest BCUT2D eigenvalue weighted by atomic mass is 16.5. The van der Waals surface area contributed by atoms with Gasteiger partial charge in [-0.05, 0) is 125 Å². The number of fused-ring (bicyclic) bond motifs is 2. The fourth-order valence-electron chi connectivity index (χ4n) is 13.1. The van der Waals surface area contributed by atoms with Crippen molar-refractivity contribution in [2.75, 3.05) is 20.2 Å². The summed E-state index contributed by atoms with van der Waals surface area (Å²) in [7, 11) is 1.63. The van der Waals surface area contributed by atoms with Crippen molar-refractivity contribution in [2.24, 2.45) is 64.4 Å². The molecule has 7 rings (SSSR count). The number of carbonyl (C=O) groups is 2. The first-order valence-electron chi connectivity index (χ1n) is 23.9. The minimum atomic E-state index is -1.13. The van der Waals surface area contributed by atoms with Crippen LogP contribution in [0.1, 0.15) is 141 Å². The number of ether oxygens (including phenoxy) is 1. The molecule has 0 aromatic heterocycles. The molecule has 10 nitrogen and oxygen atoms in total. The molecule has 2 heterocycles. The quantitative estimate of drug-likeness (QED) is 0.116. The SMILES string of the molecule is COC1CC2CCC(=O)[C@]3(C#C[C@H](C[C@H](O)[C@H](O)C[C@H](C=CC4CCCCC4)C4CC[NH2+]C(N)C4)C2CC1O)CC[C@H](CC[C@H]1C[NH2+][C@@H]2CC(=O)CC[C@H]2C1)C[C@H]3O. The molecule has 0 aromatic carbocycles. The molecular formula is C48H79N3O7+2. The van der Waals surface area contributed by atoms with Crippen molar-refractivity contribution in [3.63, 3.8) is 0 Å². The summed E-state index contributed by atoms with van der Waals surface area (Å²) in [6.07, 6.45) is 19.8. The number of piperidine rings is 2. The molecule has 1 spiro atoms. The van der Waals surface area contributed by atoms with Crippen LogP contribution >= 0.6 is 0 Å². The summed E-state index contributed by atoms with van der Waals surface area (Å²) in [6.45, 7) is 2.05. The van der Waals surface area contributed by atoms with Crippen LogP contribution in [-0.4, -0.2) is 94.9 Å². The summed E-state index contributed by atoms with van der Waals surface area (Å²) in [5.74, 6) is 9.76. The van der Waals surface area contributed by atoms with Gasteiger partial charge in [-0.25, -0.2) is 0 Å². The summed E-state index contributed by atoms with van der Waals surface area (Å²) in [5.41, 5.74) is 5.29. The third-order valence-electron chi connectivity index (χ3n) is 16.9. The monoisotopic (exact) mass is 810 g/mol. The molecule has 10 N–H and O–H groups in total. The van der Waals surface area contributed by atoms with Crippen LogP contribution in [0.2, 0.25) is 0 Å². The number of aliphatic hydroxyl groups is 4. The number of quaternary nitrogens is 2. The van der Waals surface area contributed by atoms with Gasteiger partial charge in [-0.2, -0.15) is 0 Å². The van der Waals surface area contributed by atoms with Crippen LogP contribution in [0, 0.1) is 70.5 Å². The van der Waals surface area contributed by atoms with Crippen LogP contribution in [0.4, 0.5) is 0 Å². The number of methoxy groups -OCH3 is 1. The van der Waals surface area contributed by atoms with Crippen molar-refractivity contribution >= 4 is 11.6 Å². The van der Waals surface area contributed by atoms with E-state index in [1.807, 2.05) is 0 Å². The minimum Gasteiger partial charge on any atom is -0.391 e. The summed E-state index contributed by atoms with van der Waals surface area (Å²) in [4.78, 5) is 26.3. The van der Waals surface area contributed by atoms with E-state index >= 15 is 0 Å². The maximum Gasteiger partial charge on any atom is 0.153 e. The number of allylic oxidation sites excluding steroid dienone is 2. The van der Waals surface area contributed by atoms with E-state index in [1.165, 1.54) is 38.5 Å². The predicted molar refractivity (Wildman–Crippen MR) is 223 cm³/mol. The second kappa shape index (κ2) is 20.5. The Hall–Kier alpha value is -1.68. The second-order valence-electron chi connectivity index (χ2n) is 20.6. The zero-order valence-corrected chi connectivity index (χ0v) is 35.6. The fraction of sp³-hybridized carbons (Fsp3) is 0.875. The van der Waals surface area contributed by atoms with E-state index < -0.39 is 29.8 Å². The van der Waals surface area contributed by atoms with Gasteiger partial charge >= 0.3 is 0 Å². The number of Topliss-reactive ketones (excluding diaryl/α,β-unsaturated/α-hetero) is 2. The molecule has 2 aliphatic heterocycles. The smallest absolute Gasteiger partial charge is 0.153 e. The number of nitrogens with two attached hydrogens (primary N) is 3. The normalized spacial score (nSPS) is 42.0. The van der Waals surface area contributed by atoms with Gasteiger partial charge in [-0.3, -0.25) is 15.3 Å². The van der Waals surface area contributed by atoms with Gasteiger partial charge in [0.2, 0.25) is 0 Å². The lowest BCUT2D eigenvalue weighted by molar-refractivity contribution is -0.711. The first-order chi connectivity index (χ1) is 28.0. The molecule has 58 heavy (non-hydrogen) atoms. The molecule has 5 aliphatic carbocycles. The lowest BCUT2D eigenvalue weighted by Gasteiger charge is -2.42. The number of ketones is 2. The fourth-order valence-corrected chi connectivity index (χ4v) is 13.1. The van der Waals surface area contributed by atoms with Crippen molar-refractivity contribution in [1.29, 1.82) is 0 Å². The van der Waals surface area contributed by atoms with E-state index in [1.54, 1.807) is 7.11 Å². The van der Waals surface area contributed by atoms with E-state index in [-0.39, 0.29) is 48.1 Å². The summed E-state index contributed by atoms with van der Waals surface area (Å²) in [5, 5.41) is 51.4. The molecule has 0 amide bonds. The summed E-state index contributed by atoms with van der Waals surface area (Å²) < 4.78 is 5.71. The van der Waals surface area contributed by atoms with Crippen molar-refractivity contribution < 1.29 is 45.4 Å². The van der Waals surface area contributed by atoms with E-state index in [2.05, 4.69) is 34.6 Å². The molecule has 10 heteroatoms. The van der Waals surface area contributed by atoms with Crippen LogP contribution in [-0.2, 0) is 14.3 Å². The van der Waals surface area contributed by atoms with E-state index in [0.29, 0.717) is 86.4 Å². The van der Waals surface area contributed by atoms with Crippen LogP contribution in [0.3, 0.4) is 0 Å². The second-order valence-corrected chi connectivity index (χ2v) is 20.6. The van der Waals surface area contributed by atoms with Gasteiger partial charge in [0.05, 0.1) is 56.1 Å². The zero-order valence-electron chi connectivity index (χ0n) is 35.6. The lowest BCUT2D eigenvalue weighted by atomic mass is 9.64. The summed E-state index contributed by atoms with van der Waals surface area (Å²) in [6, 6.07) is 0.465. The topological polar surface area (TPSA) is 184 Å². The molecule has 4 saturated carbocycles. The number of hydrogen-bond donors (Lipinski definition) is 7. The molecule has 0 aromatic rings. The first-order valence-corrected chi connectivity index (χ1v) is 23.9. The molecule has 6 unspecified atom stereocenters. The Morgan fingerprint density at radius 1 is 0.897 bits per heavy atom. The molecule has 7 aliphatic rings. The van der Waals surface area contributed by atoms with Crippen molar-refractivity contribution in [1.82, 2.24) is 0 Å². The Morgan fingerprint density at radius 3 is 2.47 bits per heavy atom. The Kier molecular flexibility index (Phi) is 15.7. The molecule has 2 saturated heterocycles. The first kappa shape index (κ1) is 44.4. The molecule has 0 radical (unpaired) electrons. The largest absolute Gasteiger partial charge is 0.391 e. The van der Waals surface area contributed by atoms with Crippen molar-refractivity contribution in [3.8, 4) is 11.8 Å². The van der Waals surface area contributed by atoms with Gasteiger partial charge < -0.3 is 35.8 Å². The number of rotatable bonds is 12. The van der Waals surface area contributed by atoms with E-state index in [0.717, 1.165) is 64.5 Å². The van der Waals surface area contributed by atoms with E-state index in [4.69, 9.17) is 10.5 Å². The third kappa shape index (κ3) is 10.8. The van der Waals surface area contributed by atoms with E-state index in [9.17, 15) is 30.0 Å². The third-order valence-corrected chi connectivity index (χ3v) is 16.9. The average Bonchev–Trinajstić information content (AvgIpc) is 3.27. The van der Waals surface area contributed by atoms with Gasteiger partial charge in [0.15, 0.2) is 5.78 Å². The number of carbonyl (C=O) groups excluding carboxylic acids is 2. The Bertz CT molecular complexity index is 1460. The molecular weight excluding hydrogens is 731 g/mol. The van der Waals surface area contributed by atoms with Crippen LogP contribution < -0.4 is 16.4 Å². The number of aliphatic hydroxyl groups excluding tert-OH is 4. The maximum absolute atomic E-state index is 14.3. The zero-order chi connectivity index (χ0) is 40.8. The lowest BCUT2D eigenvalue weighted by Crippen LogP contribution is -2.95. The average molecular weight is 810 g/mol. The highest BCUT2D eigenvalue weighted by Gasteiger charge is 2.50. The van der Waals surface area contributed by atoms with Crippen LogP contribution in [0.25, 0.3) is 0 Å². The maximum atomic E-state index is 14.3. The number of hydrogen-bond acceptors (Lipinski definition) is 8. The van der Waals surface area contributed by atoms with Gasteiger partial charge in [-0.1, -0.05) is 43.3 Å². The van der Waals surface area contributed by atoms with Gasteiger partial charge in [0.25, 0.3) is 0 Å². The van der Waals surface area contributed by atoms with Crippen molar-refractivity contribution in [2.45, 2.75) is 184 Å². The Labute approximate surface area is 348 Å². The van der Waals surface area contributed by atoms with Crippen molar-refractivity contribution in [3.05, 3.63) is 12.2 Å². The molecule has 326 valence electrons.